The Labute approximate surface area is 161 Å². The average Bonchev–Trinajstić information content (AvgIpc) is 3.39. The molecule has 4 rings (SSSR count). The third kappa shape index (κ3) is 3.88. The summed E-state index contributed by atoms with van der Waals surface area (Å²) in [4.78, 5) is 10.7. The lowest BCUT2D eigenvalue weighted by Crippen LogP contribution is -2.36. The minimum absolute atomic E-state index is 0.136. The van der Waals surface area contributed by atoms with Crippen LogP contribution in [0.1, 0.15) is 17.9 Å². The quantitative estimate of drug-likeness (QED) is 0.390. The molecule has 0 aliphatic rings. The van der Waals surface area contributed by atoms with Crippen molar-refractivity contribution < 1.29 is 22.3 Å². The molecule has 2 heterocycles. The van der Waals surface area contributed by atoms with Gasteiger partial charge in [0.15, 0.2) is 6.20 Å². The molecule has 0 atom stereocenters. The van der Waals surface area contributed by atoms with E-state index in [4.69, 9.17) is 4.42 Å². The van der Waals surface area contributed by atoms with E-state index in [9.17, 15) is 18.1 Å². The molecule has 0 radical (unpaired) electrons. The normalized spacial score (nSPS) is 11.2. The van der Waals surface area contributed by atoms with Crippen molar-refractivity contribution in [2.24, 2.45) is 5.18 Å². The Kier molecular flexibility index (Phi) is 4.85. The zero-order chi connectivity index (χ0) is 20.4. The van der Waals surface area contributed by atoms with Gasteiger partial charge < -0.3 is 4.42 Å². The summed E-state index contributed by atoms with van der Waals surface area (Å²) in [6, 6.07) is 10.7. The van der Waals surface area contributed by atoms with Crippen LogP contribution in [0.5, 0.6) is 0 Å². The van der Waals surface area contributed by atoms with Gasteiger partial charge in [-0.25, -0.2) is 4.39 Å². The molecule has 0 aliphatic heterocycles. The number of H-pyrrole nitrogens is 1. The predicted molar refractivity (Wildman–Crippen MR) is 93.4 cm³/mol. The van der Waals surface area contributed by atoms with Gasteiger partial charge in [0, 0.05) is 21.8 Å². The zero-order valence-electron chi connectivity index (χ0n) is 14.6. The minimum atomic E-state index is -2.89. The predicted octanol–water partition coefficient (Wildman–Crippen LogP) is 3.94. The van der Waals surface area contributed by atoms with E-state index in [-0.39, 0.29) is 23.7 Å². The monoisotopic (exact) mass is 401 g/mol. The van der Waals surface area contributed by atoms with Gasteiger partial charge in [-0.05, 0) is 29.4 Å². The van der Waals surface area contributed by atoms with Crippen LogP contribution in [0.15, 0.2) is 58.3 Å². The SMILES string of the molecule is O=Nc1cccc(-c2c[n+](Cc3ccc(-c4nnc(C(F)F)o4)cc3F)[nH]n2)c1. The van der Waals surface area contributed by atoms with Crippen LogP contribution in [-0.4, -0.2) is 20.5 Å². The molecule has 2 aromatic heterocycles. The number of aromatic amines is 1. The second-order valence-corrected chi connectivity index (χ2v) is 6.05. The number of aromatic nitrogens is 5. The number of rotatable bonds is 6. The number of nitrogens with zero attached hydrogens (tertiary/aromatic N) is 5. The summed E-state index contributed by atoms with van der Waals surface area (Å²) >= 11 is 0. The molecule has 0 amide bonds. The van der Waals surface area contributed by atoms with Crippen molar-refractivity contribution in [2.75, 3.05) is 0 Å². The van der Waals surface area contributed by atoms with Crippen LogP contribution in [0, 0.1) is 10.7 Å². The van der Waals surface area contributed by atoms with Crippen molar-refractivity contribution in [3.63, 3.8) is 0 Å². The van der Waals surface area contributed by atoms with Gasteiger partial charge in [-0.2, -0.15) is 13.5 Å². The van der Waals surface area contributed by atoms with Crippen molar-refractivity contribution >= 4 is 5.69 Å². The minimum Gasteiger partial charge on any atom is -0.415 e. The van der Waals surface area contributed by atoms with E-state index in [1.165, 1.54) is 12.1 Å². The Morgan fingerprint density at radius 1 is 1.14 bits per heavy atom. The van der Waals surface area contributed by atoms with Crippen molar-refractivity contribution in [1.29, 1.82) is 0 Å². The summed E-state index contributed by atoms with van der Waals surface area (Å²) in [5.74, 6) is -1.58. The van der Waals surface area contributed by atoms with E-state index < -0.39 is 18.1 Å². The molecule has 0 saturated heterocycles. The Bertz CT molecular complexity index is 1170. The molecule has 2 aromatic carbocycles. The fourth-order valence-electron chi connectivity index (χ4n) is 2.70. The van der Waals surface area contributed by atoms with Crippen LogP contribution in [-0.2, 0) is 6.54 Å². The molecule has 0 aliphatic carbocycles. The topological polar surface area (TPSA) is 101 Å². The molecule has 8 nitrogen and oxygen atoms in total. The highest BCUT2D eigenvalue weighted by Crippen LogP contribution is 2.25. The zero-order valence-corrected chi connectivity index (χ0v) is 14.6. The van der Waals surface area contributed by atoms with Crippen molar-refractivity contribution in [3.05, 3.63) is 70.8 Å². The van der Waals surface area contributed by atoms with E-state index in [0.717, 1.165) is 6.07 Å². The van der Waals surface area contributed by atoms with Gasteiger partial charge >= 0.3 is 6.43 Å². The van der Waals surface area contributed by atoms with Gasteiger partial charge in [-0.1, -0.05) is 23.4 Å². The van der Waals surface area contributed by atoms with Crippen molar-refractivity contribution in [2.45, 2.75) is 13.0 Å². The first-order valence-electron chi connectivity index (χ1n) is 8.32. The second-order valence-electron chi connectivity index (χ2n) is 6.05. The second kappa shape index (κ2) is 7.62. The molecule has 4 aromatic rings. The fraction of sp³-hybridized carbons (Fsp3) is 0.111. The van der Waals surface area contributed by atoms with Crippen molar-refractivity contribution in [1.82, 2.24) is 20.5 Å². The molecule has 1 N–H and O–H groups in total. The number of nitrogens with one attached hydrogen (secondary N) is 1. The van der Waals surface area contributed by atoms with Gasteiger partial charge in [-0.3, -0.25) is 0 Å². The molecule has 146 valence electrons. The van der Waals surface area contributed by atoms with Gasteiger partial charge in [0.05, 0.1) is 0 Å². The van der Waals surface area contributed by atoms with Gasteiger partial charge in [0.25, 0.3) is 5.89 Å². The van der Waals surface area contributed by atoms with E-state index in [1.54, 1.807) is 35.1 Å². The van der Waals surface area contributed by atoms with Crippen LogP contribution in [0.3, 0.4) is 0 Å². The summed E-state index contributed by atoms with van der Waals surface area (Å²) in [6.45, 7) is 0.136. The van der Waals surface area contributed by atoms with Crippen LogP contribution >= 0.6 is 0 Å². The molecule has 0 spiro atoms. The molecule has 0 unspecified atom stereocenters. The molecular weight excluding hydrogens is 389 g/mol. The first kappa shape index (κ1) is 18.5. The Balaban J connectivity index is 1.54. The summed E-state index contributed by atoms with van der Waals surface area (Å²) in [5, 5.41) is 16.5. The van der Waals surface area contributed by atoms with Gasteiger partial charge in [-0.15, -0.1) is 15.1 Å². The average molecular weight is 401 g/mol. The molecular formula is C18H12F3N6O2+. The number of hydrogen-bond acceptors (Lipinski definition) is 6. The number of alkyl halides is 2. The van der Waals surface area contributed by atoms with Gasteiger partial charge in [0.2, 0.25) is 11.6 Å². The van der Waals surface area contributed by atoms with E-state index in [1.807, 2.05) is 0 Å². The molecule has 29 heavy (non-hydrogen) atoms. The standard InChI is InChI=1S/C18H11F3N6O2/c19-14-7-11(17-23-24-18(29-17)16(20)21)4-5-12(14)8-27-9-15(22-26-27)10-2-1-3-13(6-10)25-28/h1-7,9,16H,8H2/p+1. The largest absolute Gasteiger partial charge is 0.415 e. The smallest absolute Gasteiger partial charge is 0.314 e. The van der Waals surface area contributed by atoms with E-state index in [2.05, 4.69) is 25.7 Å². The third-order valence-corrected chi connectivity index (χ3v) is 4.09. The van der Waals surface area contributed by atoms with E-state index in [0.29, 0.717) is 16.8 Å². The first-order valence-corrected chi connectivity index (χ1v) is 8.32. The van der Waals surface area contributed by atoms with Gasteiger partial charge in [0.1, 0.15) is 18.0 Å². The third-order valence-electron chi connectivity index (χ3n) is 4.09. The number of benzene rings is 2. The highest BCUT2D eigenvalue weighted by atomic mass is 19.3. The Hall–Kier alpha value is -3.89. The summed E-state index contributed by atoms with van der Waals surface area (Å²) in [5.41, 5.74) is 2.02. The molecule has 0 bridgehead atoms. The lowest BCUT2D eigenvalue weighted by molar-refractivity contribution is -0.745. The van der Waals surface area contributed by atoms with Crippen LogP contribution < -0.4 is 4.68 Å². The fourth-order valence-corrected chi connectivity index (χ4v) is 2.70. The van der Waals surface area contributed by atoms with Crippen LogP contribution in [0.25, 0.3) is 22.7 Å². The summed E-state index contributed by atoms with van der Waals surface area (Å²) < 4.78 is 46.0. The van der Waals surface area contributed by atoms with Crippen LogP contribution in [0.4, 0.5) is 18.9 Å². The highest BCUT2D eigenvalue weighted by molar-refractivity contribution is 5.62. The molecule has 0 fully saturated rings. The number of nitroso groups, excluding NO2 is 1. The Morgan fingerprint density at radius 3 is 2.72 bits per heavy atom. The maximum atomic E-state index is 14.5. The maximum absolute atomic E-state index is 14.5. The lowest BCUT2D eigenvalue weighted by Gasteiger charge is -2.01. The Morgan fingerprint density at radius 2 is 2.00 bits per heavy atom. The highest BCUT2D eigenvalue weighted by Gasteiger charge is 2.19. The van der Waals surface area contributed by atoms with E-state index >= 15 is 0 Å². The first-order chi connectivity index (χ1) is 14.0. The van der Waals surface area contributed by atoms with Crippen molar-refractivity contribution in [3.8, 4) is 22.7 Å². The maximum Gasteiger partial charge on any atom is 0.314 e. The summed E-state index contributed by atoms with van der Waals surface area (Å²) in [7, 11) is 0. The summed E-state index contributed by atoms with van der Waals surface area (Å²) in [6.07, 6.45) is -1.24. The molecule has 11 heteroatoms. The molecule has 0 saturated carbocycles. The number of hydrogen-bond donors (Lipinski definition) is 1. The van der Waals surface area contributed by atoms with Crippen LogP contribution in [0.2, 0.25) is 0 Å². The lowest BCUT2D eigenvalue weighted by atomic mass is 10.1. The number of halogens is 3.